The van der Waals surface area contributed by atoms with Gasteiger partial charge in [-0.2, -0.15) is 5.26 Å². The third kappa shape index (κ3) is 5.81. The summed E-state index contributed by atoms with van der Waals surface area (Å²) in [5.74, 6) is -0.243. The maximum atomic E-state index is 13.1. The zero-order valence-electron chi connectivity index (χ0n) is 20.6. The molecule has 2 aromatic carbocycles. The molecule has 0 spiro atoms. The first-order valence-corrected chi connectivity index (χ1v) is 12.1. The standard InChI is InChI=1S/C28H30FN5O2/c1-19-20(2)34(17-21-6-4-3-5-7-21)27(25(19)16-30)32-26(35)18-33-14-12-24(13-15-33)31-28(36)22-8-10-23(29)11-9-22/h3-11,24H,12-15,17-18H2,1-2H3,(H,31,36)(H,32,35). The van der Waals surface area contributed by atoms with Gasteiger partial charge in [-0.1, -0.05) is 30.3 Å². The molecule has 8 heteroatoms. The Hall–Kier alpha value is -3.96. The van der Waals surface area contributed by atoms with Gasteiger partial charge in [0.25, 0.3) is 5.91 Å². The van der Waals surface area contributed by atoms with Crippen LogP contribution in [0.5, 0.6) is 0 Å². The van der Waals surface area contributed by atoms with Crippen molar-refractivity contribution in [3.8, 4) is 6.07 Å². The van der Waals surface area contributed by atoms with Crippen LogP contribution in [0.2, 0.25) is 0 Å². The summed E-state index contributed by atoms with van der Waals surface area (Å²) < 4.78 is 15.1. The molecule has 2 amide bonds. The molecule has 1 saturated heterocycles. The van der Waals surface area contributed by atoms with Crippen LogP contribution in [0.4, 0.5) is 10.2 Å². The van der Waals surface area contributed by atoms with Crippen LogP contribution in [0.3, 0.4) is 0 Å². The Morgan fingerprint density at radius 1 is 1.06 bits per heavy atom. The van der Waals surface area contributed by atoms with Gasteiger partial charge in [0.15, 0.2) is 0 Å². The molecule has 4 rings (SSSR count). The highest BCUT2D eigenvalue weighted by molar-refractivity contribution is 5.94. The molecule has 0 aliphatic carbocycles. The van der Waals surface area contributed by atoms with Crippen LogP contribution in [-0.4, -0.2) is 47.0 Å². The van der Waals surface area contributed by atoms with Crippen LogP contribution < -0.4 is 10.6 Å². The third-order valence-electron chi connectivity index (χ3n) is 6.78. The van der Waals surface area contributed by atoms with E-state index >= 15 is 0 Å². The van der Waals surface area contributed by atoms with Crippen LogP contribution >= 0.6 is 0 Å². The predicted octanol–water partition coefficient (Wildman–Crippen LogP) is 4.00. The van der Waals surface area contributed by atoms with Crippen LogP contribution in [0.15, 0.2) is 54.6 Å². The number of hydrogen-bond acceptors (Lipinski definition) is 4. The summed E-state index contributed by atoms with van der Waals surface area (Å²) in [6.45, 7) is 5.95. The lowest BCUT2D eigenvalue weighted by Crippen LogP contribution is -2.46. The number of hydrogen-bond donors (Lipinski definition) is 2. The molecular formula is C28H30FN5O2. The van der Waals surface area contributed by atoms with E-state index in [4.69, 9.17) is 0 Å². The number of aromatic nitrogens is 1. The summed E-state index contributed by atoms with van der Waals surface area (Å²) >= 11 is 0. The number of likely N-dealkylation sites (tertiary alicyclic amines) is 1. The van der Waals surface area contributed by atoms with Gasteiger partial charge in [-0.25, -0.2) is 4.39 Å². The topological polar surface area (TPSA) is 90.2 Å². The highest BCUT2D eigenvalue weighted by Crippen LogP contribution is 2.27. The molecule has 2 heterocycles. The number of benzene rings is 2. The van der Waals surface area contributed by atoms with E-state index < -0.39 is 0 Å². The highest BCUT2D eigenvalue weighted by atomic mass is 19.1. The Morgan fingerprint density at radius 3 is 2.36 bits per heavy atom. The number of nitrogens with one attached hydrogen (secondary N) is 2. The average molecular weight is 488 g/mol. The number of piperidine rings is 1. The van der Waals surface area contributed by atoms with Gasteiger partial charge in [0.2, 0.25) is 5.91 Å². The van der Waals surface area contributed by atoms with Crippen molar-refractivity contribution in [1.82, 2.24) is 14.8 Å². The summed E-state index contributed by atoms with van der Waals surface area (Å²) in [6.07, 6.45) is 1.43. The number of rotatable bonds is 7. The normalized spacial score (nSPS) is 14.3. The second-order valence-electron chi connectivity index (χ2n) is 9.20. The Bertz CT molecular complexity index is 1270. The number of nitriles is 1. The van der Waals surface area contributed by atoms with E-state index in [0.717, 1.165) is 16.8 Å². The largest absolute Gasteiger partial charge is 0.349 e. The number of carbonyl (C=O) groups excluding carboxylic acids is 2. The van der Waals surface area contributed by atoms with Gasteiger partial charge in [0, 0.05) is 36.9 Å². The number of nitrogens with zero attached hydrogens (tertiary/aromatic N) is 3. The number of anilines is 1. The predicted molar refractivity (Wildman–Crippen MR) is 136 cm³/mol. The molecule has 2 N–H and O–H groups in total. The summed E-state index contributed by atoms with van der Waals surface area (Å²) in [4.78, 5) is 27.4. The van der Waals surface area contributed by atoms with Crippen LogP contribution in [0.1, 0.15) is 45.6 Å². The van der Waals surface area contributed by atoms with E-state index in [1.54, 1.807) is 0 Å². The van der Waals surface area contributed by atoms with Crippen LogP contribution in [-0.2, 0) is 11.3 Å². The minimum atomic E-state index is -0.377. The molecule has 0 radical (unpaired) electrons. The van der Waals surface area contributed by atoms with Crippen molar-refractivity contribution in [1.29, 1.82) is 5.26 Å². The molecule has 1 aliphatic heterocycles. The quantitative estimate of drug-likeness (QED) is 0.527. The van der Waals surface area contributed by atoms with Gasteiger partial charge >= 0.3 is 0 Å². The van der Waals surface area contributed by atoms with E-state index in [-0.39, 0.29) is 30.2 Å². The minimum absolute atomic E-state index is 0.000425. The first kappa shape index (κ1) is 25.1. The van der Waals surface area contributed by atoms with Gasteiger partial charge in [0.05, 0.1) is 12.1 Å². The lowest BCUT2D eigenvalue weighted by Gasteiger charge is -2.31. The van der Waals surface area contributed by atoms with E-state index in [1.165, 1.54) is 24.3 Å². The maximum absolute atomic E-state index is 13.1. The Kier molecular flexibility index (Phi) is 7.81. The fourth-order valence-corrected chi connectivity index (χ4v) is 4.57. The van der Waals surface area contributed by atoms with Crippen molar-refractivity contribution in [3.05, 3.63) is 88.4 Å². The first-order chi connectivity index (χ1) is 17.4. The van der Waals surface area contributed by atoms with Gasteiger partial charge in [-0.3, -0.25) is 14.5 Å². The van der Waals surface area contributed by atoms with E-state index in [2.05, 4.69) is 16.7 Å². The Balaban J connectivity index is 1.35. The summed E-state index contributed by atoms with van der Waals surface area (Å²) in [5, 5.41) is 15.7. The van der Waals surface area contributed by atoms with Gasteiger partial charge < -0.3 is 15.2 Å². The SMILES string of the molecule is Cc1c(C#N)c(NC(=O)CN2CCC(NC(=O)c3ccc(F)cc3)CC2)n(Cc2ccccc2)c1C. The van der Waals surface area contributed by atoms with Crippen molar-refractivity contribution in [2.75, 3.05) is 25.0 Å². The zero-order valence-corrected chi connectivity index (χ0v) is 20.6. The number of carbonyl (C=O) groups is 2. The van der Waals surface area contributed by atoms with E-state index in [1.807, 2.05) is 53.6 Å². The third-order valence-corrected chi connectivity index (χ3v) is 6.78. The Morgan fingerprint density at radius 2 is 1.72 bits per heavy atom. The molecule has 0 atom stereocenters. The lowest BCUT2D eigenvalue weighted by atomic mass is 10.0. The average Bonchev–Trinajstić information content (AvgIpc) is 3.09. The van der Waals surface area contributed by atoms with E-state index in [0.29, 0.717) is 49.4 Å². The smallest absolute Gasteiger partial charge is 0.251 e. The summed E-state index contributed by atoms with van der Waals surface area (Å²) in [7, 11) is 0. The zero-order chi connectivity index (χ0) is 25.7. The molecule has 36 heavy (non-hydrogen) atoms. The molecule has 0 unspecified atom stereocenters. The van der Waals surface area contributed by atoms with Crippen LogP contribution in [0, 0.1) is 31.0 Å². The van der Waals surface area contributed by atoms with Crippen molar-refractivity contribution in [3.63, 3.8) is 0 Å². The fraction of sp³-hybridized carbons (Fsp3) is 0.321. The summed E-state index contributed by atoms with van der Waals surface area (Å²) in [6, 6.07) is 17.7. The second-order valence-corrected chi connectivity index (χ2v) is 9.20. The van der Waals surface area contributed by atoms with Crippen molar-refractivity contribution >= 4 is 17.6 Å². The second kappa shape index (κ2) is 11.2. The number of amides is 2. The van der Waals surface area contributed by atoms with E-state index in [9.17, 15) is 19.2 Å². The van der Waals surface area contributed by atoms with Gasteiger partial charge in [-0.15, -0.1) is 0 Å². The highest BCUT2D eigenvalue weighted by Gasteiger charge is 2.24. The van der Waals surface area contributed by atoms with Gasteiger partial charge in [0.1, 0.15) is 17.7 Å². The molecule has 1 aromatic heterocycles. The van der Waals surface area contributed by atoms with Crippen molar-refractivity contribution in [2.24, 2.45) is 0 Å². The molecule has 1 aliphatic rings. The van der Waals surface area contributed by atoms with Crippen LogP contribution in [0.25, 0.3) is 0 Å². The molecule has 7 nitrogen and oxygen atoms in total. The molecule has 186 valence electrons. The fourth-order valence-electron chi connectivity index (χ4n) is 4.57. The monoisotopic (exact) mass is 487 g/mol. The lowest BCUT2D eigenvalue weighted by molar-refractivity contribution is -0.117. The molecular weight excluding hydrogens is 457 g/mol. The van der Waals surface area contributed by atoms with Gasteiger partial charge in [-0.05, 0) is 62.1 Å². The first-order valence-electron chi connectivity index (χ1n) is 12.1. The van der Waals surface area contributed by atoms with Crippen molar-refractivity contribution in [2.45, 2.75) is 39.3 Å². The molecule has 3 aromatic rings. The molecule has 0 bridgehead atoms. The number of halogens is 1. The summed E-state index contributed by atoms with van der Waals surface area (Å²) in [5.41, 5.74) is 3.81. The molecule has 1 fully saturated rings. The Labute approximate surface area is 210 Å². The van der Waals surface area contributed by atoms with Crippen molar-refractivity contribution < 1.29 is 14.0 Å². The maximum Gasteiger partial charge on any atom is 0.251 e. The molecule has 0 saturated carbocycles. The minimum Gasteiger partial charge on any atom is -0.349 e.